The molecule has 1 rings (SSSR count). The van der Waals surface area contributed by atoms with Gasteiger partial charge in [0.15, 0.2) is 11.5 Å². The predicted molar refractivity (Wildman–Crippen MR) is 103 cm³/mol. The average Bonchev–Trinajstić information content (AvgIpc) is 2.50. The topological polar surface area (TPSA) is 52.6 Å². The van der Waals surface area contributed by atoms with Gasteiger partial charge in [0, 0.05) is 12.8 Å². The van der Waals surface area contributed by atoms with Gasteiger partial charge < -0.3 is 9.47 Å². The minimum absolute atomic E-state index is 0.272. The Hall–Kier alpha value is -1.36. The van der Waals surface area contributed by atoms with E-state index in [4.69, 9.17) is 9.47 Å². The van der Waals surface area contributed by atoms with Gasteiger partial charge in [0.05, 0.1) is 4.47 Å². The van der Waals surface area contributed by atoms with Crippen LogP contribution in [0.4, 0.5) is 0 Å². The first-order chi connectivity index (χ1) is 11.8. The molecule has 0 N–H and O–H groups in total. The second-order valence-corrected chi connectivity index (χ2v) is 7.94. The van der Waals surface area contributed by atoms with E-state index in [0.717, 1.165) is 25.7 Å². The lowest BCUT2D eigenvalue weighted by Crippen LogP contribution is -2.12. The fourth-order valence-corrected chi connectivity index (χ4v) is 2.75. The summed E-state index contributed by atoms with van der Waals surface area (Å²) in [6.07, 6.45) is 4.22. The van der Waals surface area contributed by atoms with Crippen LogP contribution in [0.15, 0.2) is 22.7 Å². The number of rotatable bonds is 10. The SMILES string of the molecule is CC(C)CCCC(=O)Oc1cccc(Br)c1OC(=O)CCCC(C)C. The second kappa shape index (κ2) is 11.3. The molecule has 0 aliphatic heterocycles. The number of carbonyl (C=O) groups excluding carboxylic acids is 2. The zero-order valence-corrected chi connectivity index (χ0v) is 17.2. The fraction of sp³-hybridized carbons (Fsp3) is 0.600. The van der Waals surface area contributed by atoms with Gasteiger partial charge in [-0.05, 0) is 52.7 Å². The zero-order valence-electron chi connectivity index (χ0n) is 15.6. The molecule has 0 saturated heterocycles. The Kier molecular flexibility index (Phi) is 9.79. The molecule has 0 fully saturated rings. The number of ether oxygens (including phenoxy) is 2. The molecule has 0 bridgehead atoms. The molecule has 0 aliphatic carbocycles. The summed E-state index contributed by atoms with van der Waals surface area (Å²) >= 11 is 3.36. The molecule has 4 nitrogen and oxygen atoms in total. The van der Waals surface area contributed by atoms with Gasteiger partial charge in [0.1, 0.15) is 0 Å². The Balaban J connectivity index is 2.64. The molecule has 25 heavy (non-hydrogen) atoms. The van der Waals surface area contributed by atoms with E-state index in [2.05, 4.69) is 43.6 Å². The van der Waals surface area contributed by atoms with Crippen LogP contribution in [0.2, 0.25) is 0 Å². The number of carbonyl (C=O) groups is 2. The molecule has 0 saturated carbocycles. The molecule has 0 aromatic heterocycles. The van der Waals surface area contributed by atoms with Crippen LogP contribution in [0.25, 0.3) is 0 Å². The Labute approximate surface area is 159 Å². The van der Waals surface area contributed by atoms with E-state index >= 15 is 0 Å². The highest BCUT2D eigenvalue weighted by Gasteiger charge is 2.17. The molecule has 1 aromatic carbocycles. The second-order valence-electron chi connectivity index (χ2n) is 7.09. The molecule has 1 aromatic rings. The first-order valence-corrected chi connectivity index (χ1v) is 9.78. The summed E-state index contributed by atoms with van der Waals surface area (Å²) in [6.45, 7) is 8.49. The van der Waals surface area contributed by atoms with Gasteiger partial charge in [-0.15, -0.1) is 0 Å². The highest BCUT2D eigenvalue weighted by Crippen LogP contribution is 2.36. The van der Waals surface area contributed by atoms with E-state index in [1.54, 1.807) is 18.2 Å². The summed E-state index contributed by atoms with van der Waals surface area (Å²) < 4.78 is 11.4. The lowest BCUT2D eigenvalue weighted by Gasteiger charge is -2.12. The van der Waals surface area contributed by atoms with Gasteiger partial charge in [0.25, 0.3) is 0 Å². The average molecular weight is 413 g/mol. The molecule has 140 valence electrons. The minimum Gasteiger partial charge on any atom is -0.422 e. The van der Waals surface area contributed by atoms with E-state index in [9.17, 15) is 9.59 Å². The van der Waals surface area contributed by atoms with E-state index in [-0.39, 0.29) is 23.4 Å². The third-order valence-electron chi connectivity index (χ3n) is 3.70. The van der Waals surface area contributed by atoms with E-state index in [1.165, 1.54) is 0 Å². The number of benzene rings is 1. The maximum absolute atomic E-state index is 12.0. The zero-order chi connectivity index (χ0) is 18.8. The van der Waals surface area contributed by atoms with E-state index in [1.807, 2.05) is 0 Å². The van der Waals surface area contributed by atoms with Crippen LogP contribution in [-0.2, 0) is 9.59 Å². The predicted octanol–water partition coefficient (Wildman–Crippen LogP) is 5.91. The Bertz CT molecular complexity index is 567. The van der Waals surface area contributed by atoms with Crippen molar-refractivity contribution in [1.29, 1.82) is 0 Å². The largest absolute Gasteiger partial charge is 0.422 e. The van der Waals surface area contributed by atoms with Crippen molar-refractivity contribution in [3.05, 3.63) is 22.7 Å². The third-order valence-corrected chi connectivity index (χ3v) is 4.32. The van der Waals surface area contributed by atoms with Crippen molar-refractivity contribution in [3.8, 4) is 11.5 Å². The van der Waals surface area contributed by atoms with Crippen molar-refractivity contribution in [3.63, 3.8) is 0 Å². The summed E-state index contributed by atoms with van der Waals surface area (Å²) in [5, 5.41) is 0. The molecule has 0 aliphatic rings. The van der Waals surface area contributed by atoms with Gasteiger partial charge in [-0.2, -0.15) is 0 Å². The lowest BCUT2D eigenvalue weighted by molar-refractivity contribution is -0.137. The summed E-state index contributed by atoms with van der Waals surface area (Å²) in [5.41, 5.74) is 0. The number of esters is 2. The Morgan fingerprint density at radius 3 is 1.96 bits per heavy atom. The molecule has 5 heteroatoms. The van der Waals surface area contributed by atoms with Gasteiger partial charge in [-0.25, -0.2) is 0 Å². The lowest BCUT2D eigenvalue weighted by atomic mass is 10.1. The summed E-state index contributed by atoms with van der Waals surface area (Å²) in [6, 6.07) is 5.14. The molecular formula is C20H29BrO4. The molecule has 0 radical (unpaired) electrons. The van der Waals surface area contributed by atoms with Gasteiger partial charge in [-0.1, -0.05) is 46.6 Å². The van der Waals surface area contributed by atoms with E-state index < -0.39 is 0 Å². The van der Waals surface area contributed by atoms with Crippen molar-refractivity contribution in [1.82, 2.24) is 0 Å². The van der Waals surface area contributed by atoms with Crippen LogP contribution in [0.3, 0.4) is 0 Å². The van der Waals surface area contributed by atoms with Crippen LogP contribution in [0.1, 0.15) is 66.2 Å². The Morgan fingerprint density at radius 2 is 1.44 bits per heavy atom. The van der Waals surface area contributed by atoms with Crippen molar-refractivity contribution >= 4 is 27.9 Å². The summed E-state index contributed by atoms with van der Waals surface area (Å²) in [5.74, 6) is 1.04. The maximum Gasteiger partial charge on any atom is 0.311 e. The quantitative estimate of drug-likeness (QED) is 0.353. The fourth-order valence-electron chi connectivity index (χ4n) is 2.32. The van der Waals surface area contributed by atoms with E-state index in [0.29, 0.717) is 29.2 Å². The number of hydrogen-bond acceptors (Lipinski definition) is 4. The van der Waals surface area contributed by atoms with Gasteiger partial charge in [0.2, 0.25) is 0 Å². The smallest absolute Gasteiger partial charge is 0.311 e. The number of hydrogen-bond donors (Lipinski definition) is 0. The van der Waals surface area contributed by atoms with Gasteiger partial charge >= 0.3 is 11.9 Å². The number of halogens is 1. The minimum atomic E-state index is -0.315. The summed E-state index contributed by atoms with van der Waals surface area (Å²) in [7, 11) is 0. The van der Waals surface area contributed by atoms with Crippen LogP contribution in [0.5, 0.6) is 11.5 Å². The van der Waals surface area contributed by atoms with Crippen LogP contribution >= 0.6 is 15.9 Å². The van der Waals surface area contributed by atoms with Crippen molar-refractivity contribution in [2.45, 2.75) is 66.2 Å². The highest BCUT2D eigenvalue weighted by molar-refractivity contribution is 9.10. The molecule has 0 unspecified atom stereocenters. The van der Waals surface area contributed by atoms with Crippen molar-refractivity contribution in [2.75, 3.05) is 0 Å². The number of para-hydroxylation sites is 1. The van der Waals surface area contributed by atoms with Crippen molar-refractivity contribution in [2.24, 2.45) is 11.8 Å². The first kappa shape index (κ1) is 21.7. The molecular weight excluding hydrogens is 384 g/mol. The third kappa shape index (κ3) is 9.05. The standard InChI is InChI=1S/C20H29BrO4/c1-14(2)8-5-12-18(22)24-17-11-7-10-16(21)20(17)25-19(23)13-6-9-15(3)4/h7,10-11,14-15H,5-6,8-9,12-13H2,1-4H3. The van der Waals surface area contributed by atoms with Crippen LogP contribution in [-0.4, -0.2) is 11.9 Å². The van der Waals surface area contributed by atoms with Crippen LogP contribution in [0, 0.1) is 11.8 Å². The molecule has 0 atom stereocenters. The molecule has 0 heterocycles. The maximum atomic E-state index is 12.0. The first-order valence-electron chi connectivity index (χ1n) is 8.99. The monoisotopic (exact) mass is 412 g/mol. The van der Waals surface area contributed by atoms with Crippen LogP contribution < -0.4 is 9.47 Å². The molecule has 0 spiro atoms. The summed E-state index contributed by atoms with van der Waals surface area (Å²) in [4.78, 5) is 24.1. The van der Waals surface area contributed by atoms with Gasteiger partial charge in [-0.3, -0.25) is 9.59 Å². The highest BCUT2D eigenvalue weighted by atomic mass is 79.9. The van der Waals surface area contributed by atoms with Crippen molar-refractivity contribution < 1.29 is 19.1 Å². The normalized spacial score (nSPS) is 11.0. The molecule has 0 amide bonds. The Morgan fingerprint density at radius 1 is 0.920 bits per heavy atom.